The van der Waals surface area contributed by atoms with Crippen LogP contribution in [0.3, 0.4) is 0 Å². The van der Waals surface area contributed by atoms with Crippen molar-refractivity contribution >= 4 is 21.6 Å². The molecule has 0 fully saturated rings. The van der Waals surface area contributed by atoms with Gasteiger partial charge in [-0.15, -0.1) is 0 Å². The van der Waals surface area contributed by atoms with Gasteiger partial charge >= 0.3 is 0 Å². The summed E-state index contributed by atoms with van der Waals surface area (Å²) in [6.45, 7) is 4.07. The second-order valence-electron chi connectivity index (χ2n) is 7.55. The Hall–Kier alpha value is -3.98. The maximum Gasteiger partial charge on any atom is 0.261 e. The van der Waals surface area contributed by atoms with Gasteiger partial charge in [-0.2, -0.15) is 0 Å². The number of nitrogens with one attached hydrogen (secondary N) is 2. The number of rotatable bonds is 7. The number of benzene rings is 2. The molecule has 2 heterocycles. The van der Waals surface area contributed by atoms with Crippen LogP contribution >= 0.6 is 0 Å². The lowest BCUT2D eigenvalue weighted by Crippen LogP contribution is -2.23. The van der Waals surface area contributed by atoms with Crippen molar-refractivity contribution in [2.45, 2.75) is 25.3 Å². The fourth-order valence-electron chi connectivity index (χ4n) is 3.25. The summed E-state index contributed by atoms with van der Waals surface area (Å²) in [5.74, 6) is 1.13. The number of imidazole rings is 1. The number of pyridine rings is 1. The van der Waals surface area contributed by atoms with E-state index >= 15 is 0 Å². The molecule has 0 saturated carbocycles. The average Bonchev–Trinajstić information content (AvgIpc) is 3.25. The molecule has 4 rings (SSSR count). The lowest BCUT2D eigenvalue weighted by molar-refractivity contribution is 0.0950. The first-order chi connectivity index (χ1) is 15.8. The zero-order valence-corrected chi connectivity index (χ0v) is 19.0. The Morgan fingerprint density at radius 1 is 0.970 bits per heavy atom. The van der Waals surface area contributed by atoms with Crippen LogP contribution in [0.25, 0.3) is 5.82 Å². The van der Waals surface area contributed by atoms with E-state index in [2.05, 4.69) is 20.0 Å². The number of anilines is 1. The summed E-state index contributed by atoms with van der Waals surface area (Å²) >= 11 is 0. The van der Waals surface area contributed by atoms with Gasteiger partial charge in [0.2, 0.25) is 0 Å². The van der Waals surface area contributed by atoms with Crippen molar-refractivity contribution in [3.05, 3.63) is 102 Å². The second-order valence-corrected chi connectivity index (χ2v) is 9.23. The number of aryl methyl sites for hydroxylation is 2. The zero-order valence-electron chi connectivity index (χ0n) is 18.2. The number of carbonyl (C=O) groups is 1. The molecule has 0 saturated heterocycles. The lowest BCUT2D eigenvalue weighted by atomic mass is 10.2. The second kappa shape index (κ2) is 9.25. The molecule has 0 aliphatic carbocycles. The Balaban J connectivity index is 1.46. The van der Waals surface area contributed by atoms with Gasteiger partial charge in [0.05, 0.1) is 4.90 Å². The summed E-state index contributed by atoms with van der Waals surface area (Å²) in [5.41, 5.74) is 2.59. The molecule has 33 heavy (non-hydrogen) atoms. The highest BCUT2D eigenvalue weighted by Crippen LogP contribution is 2.18. The number of nitrogens with zero attached hydrogens (tertiary/aromatic N) is 3. The highest BCUT2D eigenvalue weighted by Gasteiger charge is 2.16. The molecule has 0 aliphatic heterocycles. The topological polar surface area (TPSA) is 106 Å². The number of hydrogen-bond acceptors (Lipinski definition) is 5. The first-order valence-electron chi connectivity index (χ1n) is 10.2. The van der Waals surface area contributed by atoms with E-state index in [0.29, 0.717) is 11.5 Å². The van der Waals surface area contributed by atoms with Crippen LogP contribution < -0.4 is 10.0 Å². The Labute approximate surface area is 192 Å². The van der Waals surface area contributed by atoms with E-state index in [0.717, 1.165) is 17.0 Å². The number of aromatic nitrogens is 3. The molecule has 0 spiro atoms. The molecule has 4 aromatic rings. The molecule has 2 N–H and O–H groups in total. The molecular formula is C24H23N5O3S. The van der Waals surface area contributed by atoms with Gasteiger partial charge in [0.15, 0.2) is 0 Å². The molecule has 0 bridgehead atoms. The smallest absolute Gasteiger partial charge is 0.261 e. The minimum absolute atomic E-state index is 0.0116. The molecule has 168 valence electrons. The van der Waals surface area contributed by atoms with Crippen molar-refractivity contribution < 1.29 is 13.2 Å². The minimum Gasteiger partial charge on any atom is -0.348 e. The first-order valence-corrected chi connectivity index (χ1v) is 11.7. The third kappa shape index (κ3) is 5.27. The van der Waals surface area contributed by atoms with E-state index in [9.17, 15) is 13.2 Å². The van der Waals surface area contributed by atoms with Crippen LogP contribution in [-0.2, 0) is 16.6 Å². The summed E-state index contributed by atoms with van der Waals surface area (Å²) < 4.78 is 29.9. The number of carbonyl (C=O) groups excluding carboxylic acids is 1. The van der Waals surface area contributed by atoms with E-state index < -0.39 is 10.0 Å². The summed E-state index contributed by atoms with van der Waals surface area (Å²) in [7, 11) is -3.83. The fourth-order valence-corrected chi connectivity index (χ4v) is 4.35. The Morgan fingerprint density at radius 3 is 2.48 bits per heavy atom. The standard InChI is InChI=1S/C24H23N5O3S/c1-17-6-8-21(9-7-17)28-33(31,32)22-5-3-4-20(15-22)24(30)27-16-19-10-11-26-23(14-19)29-13-12-25-18(29)2/h3-15,28H,16H2,1-2H3,(H,27,30). The Kier molecular flexibility index (Phi) is 6.23. The van der Waals surface area contributed by atoms with E-state index in [-0.39, 0.29) is 22.9 Å². The van der Waals surface area contributed by atoms with Crippen molar-refractivity contribution in [2.24, 2.45) is 0 Å². The summed E-state index contributed by atoms with van der Waals surface area (Å²) in [6, 6.07) is 16.6. The normalized spacial score (nSPS) is 11.2. The van der Waals surface area contributed by atoms with Gasteiger partial charge in [0, 0.05) is 36.4 Å². The van der Waals surface area contributed by atoms with Crippen LogP contribution in [0.4, 0.5) is 5.69 Å². The van der Waals surface area contributed by atoms with Crippen molar-refractivity contribution in [2.75, 3.05) is 4.72 Å². The molecule has 1 amide bonds. The molecule has 2 aromatic carbocycles. The Bertz CT molecular complexity index is 1400. The van der Waals surface area contributed by atoms with Crippen molar-refractivity contribution in [1.82, 2.24) is 19.9 Å². The molecule has 9 heteroatoms. The summed E-state index contributed by atoms with van der Waals surface area (Å²) in [5, 5.41) is 2.83. The summed E-state index contributed by atoms with van der Waals surface area (Å²) in [4.78, 5) is 21.3. The number of sulfonamides is 1. The maximum absolute atomic E-state index is 12.8. The quantitative estimate of drug-likeness (QED) is 0.437. The van der Waals surface area contributed by atoms with Gasteiger partial charge in [-0.25, -0.2) is 18.4 Å². The van der Waals surface area contributed by atoms with E-state index in [1.807, 2.05) is 48.9 Å². The van der Waals surface area contributed by atoms with Crippen molar-refractivity contribution in [3.8, 4) is 5.82 Å². The van der Waals surface area contributed by atoms with Crippen LogP contribution in [0.1, 0.15) is 27.3 Å². The van der Waals surface area contributed by atoms with Crippen LogP contribution in [0.15, 0.2) is 84.1 Å². The van der Waals surface area contributed by atoms with Crippen LogP contribution in [0, 0.1) is 13.8 Å². The predicted octanol–water partition coefficient (Wildman–Crippen LogP) is 3.61. The zero-order chi connectivity index (χ0) is 23.4. The third-order valence-electron chi connectivity index (χ3n) is 5.05. The predicted molar refractivity (Wildman–Crippen MR) is 126 cm³/mol. The van der Waals surface area contributed by atoms with Gasteiger partial charge in [0.1, 0.15) is 11.6 Å². The SMILES string of the molecule is Cc1ccc(NS(=O)(=O)c2cccc(C(=O)NCc3ccnc(-n4ccnc4C)c3)c2)cc1. The first kappa shape index (κ1) is 22.2. The van der Waals surface area contributed by atoms with Crippen LogP contribution in [0.2, 0.25) is 0 Å². The Morgan fingerprint density at radius 2 is 1.76 bits per heavy atom. The van der Waals surface area contributed by atoms with Crippen LogP contribution in [-0.4, -0.2) is 28.9 Å². The van der Waals surface area contributed by atoms with E-state index in [4.69, 9.17) is 0 Å². The van der Waals surface area contributed by atoms with Gasteiger partial charge in [-0.05, 0) is 61.9 Å². The monoisotopic (exact) mass is 461 g/mol. The van der Waals surface area contributed by atoms with Gasteiger partial charge in [-0.3, -0.25) is 14.1 Å². The van der Waals surface area contributed by atoms with Crippen molar-refractivity contribution in [1.29, 1.82) is 0 Å². The lowest BCUT2D eigenvalue weighted by Gasteiger charge is -2.11. The summed E-state index contributed by atoms with van der Waals surface area (Å²) in [6.07, 6.45) is 5.18. The molecular weight excluding hydrogens is 438 g/mol. The third-order valence-corrected chi connectivity index (χ3v) is 6.42. The molecule has 2 aromatic heterocycles. The number of hydrogen-bond donors (Lipinski definition) is 2. The number of amides is 1. The average molecular weight is 462 g/mol. The molecule has 8 nitrogen and oxygen atoms in total. The largest absolute Gasteiger partial charge is 0.348 e. The van der Waals surface area contributed by atoms with Gasteiger partial charge in [-0.1, -0.05) is 23.8 Å². The fraction of sp³-hybridized carbons (Fsp3) is 0.125. The molecule has 0 unspecified atom stereocenters. The van der Waals surface area contributed by atoms with E-state index in [1.54, 1.807) is 36.7 Å². The highest BCUT2D eigenvalue weighted by atomic mass is 32.2. The van der Waals surface area contributed by atoms with Crippen LogP contribution in [0.5, 0.6) is 0 Å². The molecule has 0 atom stereocenters. The minimum atomic E-state index is -3.83. The molecule has 0 aliphatic rings. The van der Waals surface area contributed by atoms with Gasteiger partial charge in [0.25, 0.3) is 15.9 Å². The van der Waals surface area contributed by atoms with E-state index in [1.165, 1.54) is 12.1 Å². The highest BCUT2D eigenvalue weighted by molar-refractivity contribution is 7.92. The van der Waals surface area contributed by atoms with Crippen molar-refractivity contribution in [3.63, 3.8) is 0 Å². The van der Waals surface area contributed by atoms with Gasteiger partial charge < -0.3 is 5.32 Å². The maximum atomic E-state index is 12.8. The molecule has 0 radical (unpaired) electrons.